The van der Waals surface area contributed by atoms with Crippen LogP contribution in [0, 0.1) is 17.6 Å². The summed E-state index contributed by atoms with van der Waals surface area (Å²) < 4.78 is 36.5. The highest BCUT2D eigenvalue weighted by Crippen LogP contribution is 2.40. The predicted molar refractivity (Wildman–Crippen MR) is 138 cm³/mol. The number of ether oxygens (including phenoxy) is 1. The molecule has 0 spiro atoms. The number of halogens is 2. The van der Waals surface area contributed by atoms with Gasteiger partial charge in [0.1, 0.15) is 5.69 Å². The summed E-state index contributed by atoms with van der Waals surface area (Å²) in [5.41, 5.74) is 12.4. The molecule has 2 aromatic heterocycles. The number of primary amides is 1. The zero-order chi connectivity index (χ0) is 27.1. The van der Waals surface area contributed by atoms with Crippen molar-refractivity contribution in [3.63, 3.8) is 0 Å². The number of nitrogens with zero attached hydrogens (tertiary/aromatic N) is 5. The van der Waals surface area contributed by atoms with Crippen LogP contribution in [0.15, 0.2) is 47.4 Å². The maximum Gasteiger partial charge on any atom is 0.272 e. The van der Waals surface area contributed by atoms with E-state index in [4.69, 9.17) is 16.2 Å². The van der Waals surface area contributed by atoms with Crippen LogP contribution in [0.1, 0.15) is 17.4 Å². The average Bonchev–Trinajstić information content (AvgIpc) is 3.44. The molecule has 0 unspecified atom stereocenters. The SMILES string of the molecule is COCCn1ncc2c(N3C[C@@H](C)[C@@H](N)C3)c(-c3cc(=O)n(-c4c(F)cccc4F)nc3C(N)=O)ccc21. The summed E-state index contributed by atoms with van der Waals surface area (Å²) in [6.07, 6.45) is 1.71. The van der Waals surface area contributed by atoms with Crippen molar-refractivity contribution in [1.29, 1.82) is 0 Å². The summed E-state index contributed by atoms with van der Waals surface area (Å²) in [5.74, 6) is -2.78. The number of para-hydroxylation sites is 1. The number of fused-ring (bicyclic) bond motifs is 1. The molecule has 2 atom stereocenters. The number of carbonyl (C=O) groups is 1. The highest BCUT2D eigenvalue weighted by Gasteiger charge is 2.31. The Labute approximate surface area is 216 Å². The zero-order valence-corrected chi connectivity index (χ0v) is 20.9. The number of aromatic nitrogens is 4. The minimum atomic E-state index is -1.01. The number of hydrogen-bond acceptors (Lipinski definition) is 7. The van der Waals surface area contributed by atoms with E-state index in [2.05, 4.69) is 15.1 Å². The topological polar surface area (TPSA) is 134 Å². The molecule has 4 N–H and O–H groups in total. The molecule has 3 heterocycles. The third-order valence-corrected chi connectivity index (χ3v) is 6.90. The van der Waals surface area contributed by atoms with E-state index < -0.39 is 28.8 Å². The van der Waals surface area contributed by atoms with E-state index in [0.29, 0.717) is 42.2 Å². The van der Waals surface area contributed by atoms with Crippen molar-refractivity contribution in [2.75, 3.05) is 31.7 Å². The molecule has 1 aliphatic rings. The number of methoxy groups -OCH3 is 1. The first-order chi connectivity index (χ1) is 18.2. The molecule has 5 rings (SSSR count). The van der Waals surface area contributed by atoms with Gasteiger partial charge in [0.2, 0.25) is 0 Å². The number of rotatable bonds is 7. The van der Waals surface area contributed by atoms with Gasteiger partial charge in [0.15, 0.2) is 17.3 Å². The first-order valence-corrected chi connectivity index (χ1v) is 12.1. The molecule has 0 bridgehead atoms. The lowest BCUT2D eigenvalue weighted by Crippen LogP contribution is -2.29. The van der Waals surface area contributed by atoms with E-state index in [-0.39, 0.29) is 23.2 Å². The highest BCUT2D eigenvalue weighted by atomic mass is 19.1. The van der Waals surface area contributed by atoms with Gasteiger partial charge in [-0.05, 0) is 24.1 Å². The van der Waals surface area contributed by atoms with E-state index in [1.807, 2.05) is 13.0 Å². The van der Waals surface area contributed by atoms with E-state index in [1.165, 1.54) is 6.07 Å². The van der Waals surface area contributed by atoms with E-state index in [1.54, 1.807) is 24.1 Å². The summed E-state index contributed by atoms with van der Waals surface area (Å²) in [6, 6.07) is 7.77. The first kappa shape index (κ1) is 25.5. The van der Waals surface area contributed by atoms with Gasteiger partial charge in [0.05, 0.1) is 30.6 Å². The Kier molecular flexibility index (Phi) is 6.67. The largest absolute Gasteiger partial charge is 0.383 e. The van der Waals surface area contributed by atoms with Gasteiger partial charge >= 0.3 is 0 Å². The van der Waals surface area contributed by atoms with Gasteiger partial charge in [-0.15, -0.1) is 0 Å². The number of amides is 1. The number of benzene rings is 2. The van der Waals surface area contributed by atoms with Crippen LogP contribution in [0.2, 0.25) is 0 Å². The van der Waals surface area contributed by atoms with Gasteiger partial charge < -0.3 is 21.1 Å². The molecular weight excluding hydrogens is 496 g/mol. The van der Waals surface area contributed by atoms with Crippen LogP contribution >= 0.6 is 0 Å². The molecule has 1 amide bonds. The van der Waals surface area contributed by atoms with Crippen molar-refractivity contribution in [2.45, 2.75) is 19.5 Å². The number of anilines is 1. The summed E-state index contributed by atoms with van der Waals surface area (Å²) >= 11 is 0. The third kappa shape index (κ3) is 4.31. The van der Waals surface area contributed by atoms with Crippen LogP contribution in [0.25, 0.3) is 27.7 Å². The smallest absolute Gasteiger partial charge is 0.272 e. The fourth-order valence-electron chi connectivity index (χ4n) is 4.92. The number of hydrogen-bond donors (Lipinski definition) is 2. The van der Waals surface area contributed by atoms with Crippen molar-refractivity contribution in [2.24, 2.45) is 17.4 Å². The molecule has 38 heavy (non-hydrogen) atoms. The molecule has 0 saturated carbocycles. The van der Waals surface area contributed by atoms with E-state index in [9.17, 15) is 18.4 Å². The van der Waals surface area contributed by atoms with Gasteiger partial charge in [0, 0.05) is 48.8 Å². The van der Waals surface area contributed by atoms with Gasteiger partial charge in [0.25, 0.3) is 11.5 Å². The quantitative estimate of drug-likeness (QED) is 0.379. The molecule has 1 aliphatic heterocycles. The molecule has 0 radical (unpaired) electrons. The molecule has 1 fully saturated rings. The van der Waals surface area contributed by atoms with Crippen molar-refractivity contribution in [3.05, 3.63) is 70.3 Å². The van der Waals surface area contributed by atoms with Crippen molar-refractivity contribution >= 4 is 22.5 Å². The van der Waals surface area contributed by atoms with Crippen molar-refractivity contribution in [3.8, 4) is 16.8 Å². The monoisotopic (exact) mass is 523 g/mol. The molecule has 1 saturated heterocycles. The highest BCUT2D eigenvalue weighted by molar-refractivity contribution is 6.05. The van der Waals surface area contributed by atoms with Crippen molar-refractivity contribution < 1.29 is 18.3 Å². The van der Waals surface area contributed by atoms with Crippen LogP contribution in [0.4, 0.5) is 14.5 Å². The Balaban J connectivity index is 1.76. The van der Waals surface area contributed by atoms with Crippen molar-refractivity contribution in [1.82, 2.24) is 19.6 Å². The zero-order valence-electron chi connectivity index (χ0n) is 20.9. The second-order valence-electron chi connectivity index (χ2n) is 9.39. The Hall–Kier alpha value is -4.16. The molecule has 4 aromatic rings. The van der Waals surface area contributed by atoms with Gasteiger partial charge in [-0.2, -0.15) is 14.9 Å². The van der Waals surface area contributed by atoms with Crippen LogP contribution in [-0.4, -0.2) is 58.3 Å². The first-order valence-electron chi connectivity index (χ1n) is 12.1. The molecule has 0 aliphatic carbocycles. The molecule has 10 nitrogen and oxygen atoms in total. The molecular formula is C26H27F2N7O3. The summed E-state index contributed by atoms with van der Waals surface area (Å²) in [7, 11) is 1.61. The number of carbonyl (C=O) groups excluding carboxylic acids is 1. The van der Waals surface area contributed by atoms with E-state index >= 15 is 0 Å². The number of nitrogens with two attached hydrogens (primary N) is 2. The predicted octanol–water partition coefficient (Wildman–Crippen LogP) is 2.06. The van der Waals surface area contributed by atoms with Crippen LogP contribution in [-0.2, 0) is 11.3 Å². The lowest BCUT2D eigenvalue weighted by molar-refractivity contribution is 0.0994. The Morgan fingerprint density at radius 3 is 2.50 bits per heavy atom. The normalized spacial score (nSPS) is 17.4. The Bertz CT molecular complexity index is 1570. The maximum atomic E-state index is 14.5. The van der Waals surface area contributed by atoms with Crippen LogP contribution in [0.3, 0.4) is 0 Å². The lowest BCUT2D eigenvalue weighted by Gasteiger charge is -2.24. The minimum absolute atomic E-state index is 0.0904. The Morgan fingerprint density at radius 1 is 1.13 bits per heavy atom. The van der Waals surface area contributed by atoms with Gasteiger partial charge in [-0.3, -0.25) is 14.3 Å². The molecule has 2 aromatic carbocycles. The molecule has 198 valence electrons. The fraction of sp³-hybridized carbons (Fsp3) is 0.308. The second-order valence-corrected chi connectivity index (χ2v) is 9.39. The Morgan fingerprint density at radius 2 is 1.87 bits per heavy atom. The summed E-state index contributed by atoms with van der Waals surface area (Å²) in [5, 5.41) is 9.32. The minimum Gasteiger partial charge on any atom is -0.383 e. The average molecular weight is 524 g/mol. The van der Waals surface area contributed by atoms with Gasteiger partial charge in [-0.1, -0.05) is 19.1 Å². The molecule has 12 heteroatoms. The standard InChI is InChI=1S/C26H27F2N7O3/c1-14-12-33(13-20(14)29)24-15(6-7-21-17(24)11-31-34(21)8-9-38-2)16-10-22(36)35(32-23(16)26(30)37)25-18(27)4-3-5-19(25)28/h3-7,10-11,14,20H,8-9,12-13,29H2,1-2H3,(H2,30,37)/t14-,20+/m1/s1. The second kappa shape index (κ2) is 9.95. The fourth-order valence-corrected chi connectivity index (χ4v) is 4.92. The van der Waals surface area contributed by atoms with E-state index in [0.717, 1.165) is 29.1 Å². The third-order valence-electron chi connectivity index (χ3n) is 6.90. The lowest BCUT2D eigenvalue weighted by atomic mass is 9.99. The van der Waals surface area contributed by atoms with Crippen LogP contribution in [0.5, 0.6) is 0 Å². The van der Waals surface area contributed by atoms with Gasteiger partial charge in [-0.25, -0.2) is 8.78 Å². The summed E-state index contributed by atoms with van der Waals surface area (Å²) in [4.78, 5) is 27.8. The summed E-state index contributed by atoms with van der Waals surface area (Å²) in [6.45, 7) is 4.20. The van der Waals surface area contributed by atoms with Crippen LogP contribution < -0.4 is 21.9 Å². The maximum absolute atomic E-state index is 14.5.